The number of hydrogen-bond donors (Lipinski definition) is 6. The molecule has 4 aromatic carbocycles. The Hall–Kier alpha value is -6.48. The van der Waals surface area contributed by atoms with Gasteiger partial charge in [-0.15, -0.1) is 0 Å². The molecule has 5 rings (SSSR count). The third kappa shape index (κ3) is 13.0. The number of rotatable bonds is 23. The molecule has 0 bridgehead atoms. The molecular formula is C44H50N6O8. The molecule has 0 aliphatic heterocycles. The first-order valence-corrected chi connectivity index (χ1v) is 19.1. The normalized spacial score (nSPS) is 10.7. The van der Waals surface area contributed by atoms with Crippen molar-refractivity contribution in [2.45, 2.75) is 26.7 Å². The second kappa shape index (κ2) is 22.9. The maximum absolute atomic E-state index is 13.7. The Morgan fingerprint density at radius 1 is 0.552 bits per heavy atom. The summed E-state index contributed by atoms with van der Waals surface area (Å²) in [6.07, 6.45) is 0. The summed E-state index contributed by atoms with van der Waals surface area (Å²) in [5.74, 6) is -1.09. The molecule has 0 spiro atoms. The summed E-state index contributed by atoms with van der Waals surface area (Å²) in [4.78, 5) is 55.7. The summed E-state index contributed by atoms with van der Waals surface area (Å²) in [7, 11) is 0. The van der Waals surface area contributed by atoms with E-state index in [0.717, 1.165) is 16.7 Å². The minimum atomic E-state index is -0.486. The van der Waals surface area contributed by atoms with E-state index in [1.165, 1.54) is 0 Å². The van der Waals surface area contributed by atoms with Crippen molar-refractivity contribution in [2.24, 2.45) is 5.73 Å². The van der Waals surface area contributed by atoms with Gasteiger partial charge >= 0.3 is 0 Å². The third-order valence-corrected chi connectivity index (χ3v) is 8.62. The Bertz CT molecular complexity index is 2130. The summed E-state index contributed by atoms with van der Waals surface area (Å²) in [6.45, 7) is 4.58. The number of H-pyrrole nitrogens is 1. The van der Waals surface area contributed by atoms with E-state index in [1.807, 2.05) is 91.0 Å². The summed E-state index contributed by atoms with van der Waals surface area (Å²) in [6, 6.07) is 33.0. The fraction of sp³-hybridized carbons (Fsp3) is 0.273. The van der Waals surface area contributed by atoms with Crippen LogP contribution in [0.25, 0.3) is 0 Å². The zero-order chi connectivity index (χ0) is 41.0. The van der Waals surface area contributed by atoms with Gasteiger partial charge in [-0.1, -0.05) is 91.0 Å². The van der Waals surface area contributed by atoms with Gasteiger partial charge < -0.3 is 50.9 Å². The Balaban J connectivity index is 1.21. The van der Waals surface area contributed by atoms with Gasteiger partial charge in [0.15, 0.2) is 17.2 Å². The van der Waals surface area contributed by atoms with Gasteiger partial charge in [0.2, 0.25) is 0 Å². The maximum Gasteiger partial charge on any atom is 0.291 e. The quantitative estimate of drug-likeness (QED) is 0.0529. The van der Waals surface area contributed by atoms with Crippen LogP contribution in [-0.2, 0) is 24.6 Å². The molecule has 0 radical (unpaired) electrons. The lowest BCUT2D eigenvalue weighted by atomic mass is 10.1. The van der Waals surface area contributed by atoms with Crippen molar-refractivity contribution in [3.63, 3.8) is 0 Å². The average molecular weight is 791 g/mol. The van der Waals surface area contributed by atoms with Crippen molar-refractivity contribution < 1.29 is 33.3 Å². The number of aromatic amines is 1. The van der Waals surface area contributed by atoms with Gasteiger partial charge in [0.1, 0.15) is 19.8 Å². The zero-order valence-electron chi connectivity index (χ0n) is 32.5. The van der Waals surface area contributed by atoms with Crippen LogP contribution in [0.4, 0.5) is 0 Å². The van der Waals surface area contributed by atoms with Crippen molar-refractivity contribution >= 4 is 17.7 Å². The van der Waals surface area contributed by atoms with Crippen LogP contribution in [0.2, 0.25) is 0 Å². The van der Waals surface area contributed by atoms with Gasteiger partial charge in [-0.3, -0.25) is 19.2 Å². The first kappa shape index (κ1) is 42.7. The van der Waals surface area contributed by atoms with E-state index in [1.54, 1.807) is 25.1 Å². The molecule has 0 unspecified atom stereocenters. The molecule has 1 aromatic heterocycles. The smallest absolute Gasteiger partial charge is 0.291 e. The SMILES string of the molecule is Cc1cc(C(=O)NCCNCCNC(=O)c2ccc(C(=O)NCCOCCN)c(OCc3ccccc3)c2OCc2ccccc2)c(OCc2ccccc2)c(=O)[nH]1. The van der Waals surface area contributed by atoms with Crippen LogP contribution in [0, 0.1) is 6.92 Å². The van der Waals surface area contributed by atoms with Crippen LogP contribution in [0.1, 0.15) is 53.5 Å². The van der Waals surface area contributed by atoms with Crippen molar-refractivity contribution in [1.29, 1.82) is 0 Å². The molecule has 58 heavy (non-hydrogen) atoms. The number of carbonyl (C=O) groups is 3. The van der Waals surface area contributed by atoms with E-state index in [4.69, 9.17) is 24.7 Å². The van der Waals surface area contributed by atoms with Crippen LogP contribution in [0.15, 0.2) is 114 Å². The van der Waals surface area contributed by atoms with Gasteiger partial charge in [0.05, 0.1) is 29.9 Å². The van der Waals surface area contributed by atoms with Gasteiger partial charge in [0.25, 0.3) is 23.3 Å². The molecule has 0 saturated heterocycles. The second-order valence-corrected chi connectivity index (χ2v) is 13.1. The largest absolute Gasteiger partial charge is 0.484 e. The Morgan fingerprint density at radius 3 is 1.45 bits per heavy atom. The third-order valence-electron chi connectivity index (χ3n) is 8.62. The van der Waals surface area contributed by atoms with Crippen LogP contribution < -0.4 is 46.8 Å². The molecule has 0 saturated carbocycles. The molecule has 1 heterocycles. The van der Waals surface area contributed by atoms with Gasteiger partial charge in [-0.25, -0.2) is 0 Å². The summed E-state index contributed by atoms with van der Waals surface area (Å²) in [5.41, 5.74) is 8.65. The molecule has 5 aromatic rings. The number of nitrogens with one attached hydrogen (secondary N) is 5. The highest BCUT2D eigenvalue weighted by atomic mass is 16.5. The predicted molar refractivity (Wildman–Crippen MR) is 220 cm³/mol. The van der Waals surface area contributed by atoms with Crippen LogP contribution in [0.5, 0.6) is 17.2 Å². The summed E-state index contributed by atoms with van der Waals surface area (Å²) in [5, 5.41) is 11.8. The topological polar surface area (TPSA) is 195 Å². The average Bonchev–Trinajstić information content (AvgIpc) is 3.24. The Labute approximate surface area is 337 Å². The molecule has 304 valence electrons. The fourth-order valence-corrected chi connectivity index (χ4v) is 5.75. The lowest BCUT2D eigenvalue weighted by molar-refractivity contribution is 0.0908. The number of pyridine rings is 1. The lowest BCUT2D eigenvalue weighted by Crippen LogP contribution is -2.37. The van der Waals surface area contributed by atoms with Crippen molar-refractivity contribution in [2.75, 3.05) is 52.5 Å². The minimum absolute atomic E-state index is 0.0510. The van der Waals surface area contributed by atoms with E-state index in [2.05, 4.69) is 26.3 Å². The van der Waals surface area contributed by atoms with E-state index >= 15 is 0 Å². The molecule has 14 heteroatoms. The maximum atomic E-state index is 13.7. The van der Waals surface area contributed by atoms with Crippen LogP contribution in [-0.4, -0.2) is 75.2 Å². The van der Waals surface area contributed by atoms with Crippen LogP contribution >= 0.6 is 0 Å². The number of aryl methyl sites for hydroxylation is 1. The number of nitrogens with two attached hydrogens (primary N) is 1. The van der Waals surface area contributed by atoms with E-state index in [0.29, 0.717) is 31.9 Å². The highest BCUT2D eigenvalue weighted by Gasteiger charge is 2.25. The van der Waals surface area contributed by atoms with Gasteiger partial charge in [-0.05, 0) is 41.8 Å². The number of amides is 3. The van der Waals surface area contributed by atoms with Gasteiger partial charge in [0, 0.05) is 45.0 Å². The first-order chi connectivity index (χ1) is 28.3. The molecule has 0 fully saturated rings. The van der Waals surface area contributed by atoms with E-state index in [9.17, 15) is 19.2 Å². The first-order valence-electron chi connectivity index (χ1n) is 19.1. The summed E-state index contributed by atoms with van der Waals surface area (Å²) >= 11 is 0. The van der Waals surface area contributed by atoms with Crippen LogP contribution in [0.3, 0.4) is 0 Å². The van der Waals surface area contributed by atoms with E-state index < -0.39 is 23.3 Å². The number of ether oxygens (including phenoxy) is 4. The number of benzene rings is 4. The number of carbonyl (C=O) groups excluding carboxylic acids is 3. The lowest BCUT2D eigenvalue weighted by Gasteiger charge is -2.20. The van der Waals surface area contributed by atoms with Crippen molar-refractivity contribution in [3.8, 4) is 17.2 Å². The van der Waals surface area contributed by atoms with E-state index in [-0.39, 0.29) is 80.0 Å². The Kier molecular flexibility index (Phi) is 16.9. The second-order valence-electron chi connectivity index (χ2n) is 13.1. The predicted octanol–water partition coefficient (Wildman–Crippen LogP) is 3.87. The highest BCUT2D eigenvalue weighted by molar-refractivity contribution is 6.03. The van der Waals surface area contributed by atoms with Crippen molar-refractivity contribution in [1.82, 2.24) is 26.3 Å². The standard InChI is InChI=1S/C44H50N6O8/c1-31-27-37(40(44(54)50-31)58-30-34-15-9-4-10-16-34)43(53)48-23-21-46-20-22-47-41(51)35-17-18-36(42(52)49-24-26-55-25-19-45)39(57-29-33-13-7-3-8-14-33)38(35)56-28-32-11-5-2-6-12-32/h2-18,27,46H,19-26,28-30,45H2,1H3,(H,47,51)(H,48,53)(H,49,52)(H,50,54). The minimum Gasteiger partial charge on any atom is -0.484 e. The molecule has 0 aliphatic rings. The van der Waals surface area contributed by atoms with Gasteiger partial charge in [-0.2, -0.15) is 0 Å². The summed E-state index contributed by atoms with van der Waals surface area (Å²) < 4.78 is 23.8. The zero-order valence-corrected chi connectivity index (χ0v) is 32.5. The molecule has 3 amide bonds. The monoisotopic (exact) mass is 790 g/mol. The van der Waals surface area contributed by atoms with Crippen molar-refractivity contribution in [3.05, 3.63) is 159 Å². The fourth-order valence-electron chi connectivity index (χ4n) is 5.75. The molecule has 7 N–H and O–H groups in total. The molecule has 0 atom stereocenters. The molecule has 0 aliphatic carbocycles. The number of aromatic nitrogens is 1. The highest BCUT2D eigenvalue weighted by Crippen LogP contribution is 2.37. The number of hydrogen-bond acceptors (Lipinski definition) is 10. The molecule has 14 nitrogen and oxygen atoms in total. The molecular weight excluding hydrogens is 741 g/mol. The Morgan fingerprint density at radius 2 is 0.983 bits per heavy atom.